The topological polar surface area (TPSA) is 58.6 Å². The largest absolute Gasteiger partial charge is 0.497 e. The van der Waals surface area contributed by atoms with Gasteiger partial charge in [-0.05, 0) is 35.2 Å². The fraction of sp³-hybridized carbons (Fsp3) is 0.231. The average molecular weight is 417 g/mol. The first-order valence-electron chi connectivity index (χ1n) is 10.3. The lowest BCUT2D eigenvalue weighted by Gasteiger charge is -2.30. The zero-order valence-corrected chi connectivity index (χ0v) is 18.0. The molecule has 0 aliphatic heterocycles. The molecular weight excluding hydrogens is 388 g/mol. The maximum Gasteiger partial charge on any atom is 0.247 e. The van der Waals surface area contributed by atoms with Crippen molar-refractivity contribution in [3.05, 3.63) is 102 Å². The Labute approximate surface area is 183 Å². The first-order chi connectivity index (χ1) is 15.1. The van der Waals surface area contributed by atoms with E-state index in [1.54, 1.807) is 12.0 Å². The molecule has 3 rings (SSSR count). The van der Waals surface area contributed by atoms with Gasteiger partial charge in [0, 0.05) is 20.0 Å². The third-order valence-corrected chi connectivity index (χ3v) is 5.15. The highest BCUT2D eigenvalue weighted by atomic mass is 16.5. The van der Waals surface area contributed by atoms with E-state index in [1.165, 1.54) is 6.92 Å². The molecule has 0 radical (unpaired) electrons. The van der Waals surface area contributed by atoms with Crippen LogP contribution in [0.1, 0.15) is 29.7 Å². The van der Waals surface area contributed by atoms with Crippen LogP contribution in [0.2, 0.25) is 0 Å². The molecule has 2 amide bonds. The zero-order chi connectivity index (χ0) is 22.1. The highest BCUT2D eigenvalue weighted by Gasteiger charge is 2.29. The SMILES string of the molecule is COc1ccc(CN(C(C)=O)[C@@H](C(=O)NCCc2ccccc2)c2ccccc2)cc1. The second kappa shape index (κ2) is 11.0. The van der Waals surface area contributed by atoms with Gasteiger partial charge in [-0.25, -0.2) is 0 Å². The number of nitrogens with one attached hydrogen (secondary N) is 1. The first-order valence-corrected chi connectivity index (χ1v) is 10.3. The first kappa shape index (κ1) is 22.1. The van der Waals surface area contributed by atoms with Crippen molar-refractivity contribution in [2.45, 2.75) is 25.9 Å². The summed E-state index contributed by atoms with van der Waals surface area (Å²) in [5.41, 5.74) is 2.86. The van der Waals surface area contributed by atoms with Crippen molar-refractivity contribution in [3.63, 3.8) is 0 Å². The van der Waals surface area contributed by atoms with E-state index in [0.29, 0.717) is 13.1 Å². The van der Waals surface area contributed by atoms with Gasteiger partial charge in [0.05, 0.1) is 7.11 Å². The molecular formula is C26H28N2O3. The number of carbonyl (C=O) groups excluding carboxylic acids is 2. The van der Waals surface area contributed by atoms with Gasteiger partial charge in [-0.1, -0.05) is 72.8 Å². The van der Waals surface area contributed by atoms with E-state index in [0.717, 1.165) is 28.9 Å². The summed E-state index contributed by atoms with van der Waals surface area (Å²) in [6.07, 6.45) is 0.729. The minimum Gasteiger partial charge on any atom is -0.497 e. The van der Waals surface area contributed by atoms with E-state index >= 15 is 0 Å². The van der Waals surface area contributed by atoms with E-state index in [4.69, 9.17) is 4.74 Å². The zero-order valence-electron chi connectivity index (χ0n) is 18.0. The Morgan fingerprint density at radius 2 is 1.48 bits per heavy atom. The van der Waals surface area contributed by atoms with Crippen LogP contribution in [-0.4, -0.2) is 30.4 Å². The maximum atomic E-state index is 13.2. The normalized spacial score (nSPS) is 11.4. The van der Waals surface area contributed by atoms with Crippen LogP contribution in [0.25, 0.3) is 0 Å². The molecule has 0 aliphatic carbocycles. The fourth-order valence-electron chi connectivity index (χ4n) is 3.49. The number of carbonyl (C=O) groups is 2. The van der Waals surface area contributed by atoms with E-state index in [1.807, 2.05) is 84.9 Å². The number of hydrogen-bond acceptors (Lipinski definition) is 3. The smallest absolute Gasteiger partial charge is 0.247 e. The summed E-state index contributed by atoms with van der Waals surface area (Å²) in [6.45, 7) is 2.32. The van der Waals surface area contributed by atoms with Crippen LogP contribution < -0.4 is 10.1 Å². The van der Waals surface area contributed by atoms with Crippen LogP contribution in [0.3, 0.4) is 0 Å². The number of amides is 2. The summed E-state index contributed by atoms with van der Waals surface area (Å²) in [6, 6.07) is 26.2. The van der Waals surface area contributed by atoms with Gasteiger partial charge in [0.25, 0.3) is 0 Å². The van der Waals surface area contributed by atoms with E-state index in [9.17, 15) is 9.59 Å². The molecule has 0 unspecified atom stereocenters. The molecule has 160 valence electrons. The third-order valence-electron chi connectivity index (χ3n) is 5.15. The second-order valence-electron chi connectivity index (χ2n) is 7.33. The molecule has 0 fully saturated rings. The van der Waals surface area contributed by atoms with Gasteiger partial charge in [0.1, 0.15) is 11.8 Å². The quantitative estimate of drug-likeness (QED) is 0.570. The molecule has 0 saturated heterocycles. The Bertz CT molecular complexity index is 973. The highest BCUT2D eigenvalue weighted by Crippen LogP contribution is 2.24. The fourth-order valence-corrected chi connectivity index (χ4v) is 3.49. The maximum absolute atomic E-state index is 13.2. The Hall–Kier alpha value is -3.60. The van der Waals surface area contributed by atoms with Crippen molar-refractivity contribution in [2.24, 2.45) is 0 Å². The Morgan fingerprint density at radius 3 is 2.06 bits per heavy atom. The number of nitrogens with zero attached hydrogens (tertiary/aromatic N) is 1. The van der Waals surface area contributed by atoms with Crippen LogP contribution >= 0.6 is 0 Å². The van der Waals surface area contributed by atoms with Crippen LogP contribution in [0, 0.1) is 0 Å². The summed E-state index contributed by atoms with van der Waals surface area (Å²) < 4.78 is 5.21. The standard InChI is InChI=1S/C26H28N2O3/c1-20(29)28(19-22-13-15-24(31-2)16-14-22)25(23-11-7-4-8-12-23)26(30)27-18-17-21-9-5-3-6-10-21/h3-16,25H,17-19H2,1-2H3,(H,27,30)/t25-/m1/s1. The predicted molar refractivity (Wildman–Crippen MR) is 122 cm³/mol. The predicted octanol–water partition coefficient (Wildman–Crippen LogP) is 4.14. The minimum absolute atomic E-state index is 0.164. The van der Waals surface area contributed by atoms with Crippen molar-refractivity contribution in [2.75, 3.05) is 13.7 Å². The number of benzene rings is 3. The van der Waals surface area contributed by atoms with E-state index < -0.39 is 6.04 Å². The molecule has 3 aromatic carbocycles. The molecule has 0 bridgehead atoms. The Kier molecular flexibility index (Phi) is 7.82. The number of methoxy groups -OCH3 is 1. The van der Waals surface area contributed by atoms with E-state index in [-0.39, 0.29) is 11.8 Å². The summed E-state index contributed by atoms with van der Waals surface area (Å²) >= 11 is 0. The van der Waals surface area contributed by atoms with Gasteiger partial charge in [0.15, 0.2) is 0 Å². The molecule has 31 heavy (non-hydrogen) atoms. The molecule has 1 atom stereocenters. The monoisotopic (exact) mass is 416 g/mol. The summed E-state index contributed by atoms with van der Waals surface area (Å²) in [5, 5.41) is 3.02. The molecule has 0 saturated carbocycles. The average Bonchev–Trinajstić information content (AvgIpc) is 2.80. The van der Waals surface area contributed by atoms with Gasteiger partial charge in [-0.15, -0.1) is 0 Å². The van der Waals surface area contributed by atoms with Gasteiger partial charge in [0.2, 0.25) is 11.8 Å². The van der Waals surface area contributed by atoms with Crippen molar-refractivity contribution < 1.29 is 14.3 Å². The van der Waals surface area contributed by atoms with Crippen LogP contribution in [0.5, 0.6) is 5.75 Å². The lowest BCUT2D eigenvalue weighted by molar-refractivity contribution is -0.140. The molecule has 0 spiro atoms. The second-order valence-corrected chi connectivity index (χ2v) is 7.33. The highest BCUT2D eigenvalue weighted by molar-refractivity contribution is 5.88. The molecule has 0 heterocycles. The molecule has 1 N–H and O–H groups in total. The van der Waals surface area contributed by atoms with Crippen LogP contribution in [0.4, 0.5) is 0 Å². The summed E-state index contributed by atoms with van der Waals surface area (Å²) in [7, 11) is 1.61. The summed E-state index contributed by atoms with van der Waals surface area (Å²) in [4.78, 5) is 27.5. The Balaban J connectivity index is 1.79. The van der Waals surface area contributed by atoms with Gasteiger partial charge >= 0.3 is 0 Å². The Morgan fingerprint density at radius 1 is 0.871 bits per heavy atom. The summed E-state index contributed by atoms with van der Waals surface area (Å²) in [5.74, 6) is 0.394. The van der Waals surface area contributed by atoms with Crippen molar-refractivity contribution in [1.29, 1.82) is 0 Å². The van der Waals surface area contributed by atoms with Gasteiger partial charge < -0.3 is 15.0 Å². The third kappa shape index (κ3) is 6.19. The van der Waals surface area contributed by atoms with Crippen LogP contribution in [0.15, 0.2) is 84.9 Å². The molecule has 0 aromatic heterocycles. The number of rotatable bonds is 9. The minimum atomic E-state index is -0.712. The van der Waals surface area contributed by atoms with Gasteiger partial charge in [-0.2, -0.15) is 0 Å². The van der Waals surface area contributed by atoms with E-state index in [2.05, 4.69) is 5.32 Å². The van der Waals surface area contributed by atoms with Crippen molar-refractivity contribution in [3.8, 4) is 5.75 Å². The molecule has 5 heteroatoms. The van der Waals surface area contributed by atoms with Crippen molar-refractivity contribution >= 4 is 11.8 Å². The lowest BCUT2D eigenvalue weighted by atomic mass is 10.0. The van der Waals surface area contributed by atoms with Crippen molar-refractivity contribution in [1.82, 2.24) is 10.2 Å². The molecule has 0 aliphatic rings. The van der Waals surface area contributed by atoms with Gasteiger partial charge in [-0.3, -0.25) is 9.59 Å². The molecule has 3 aromatic rings. The van der Waals surface area contributed by atoms with Crippen LogP contribution in [-0.2, 0) is 22.6 Å². The molecule has 5 nitrogen and oxygen atoms in total. The number of ether oxygens (including phenoxy) is 1. The lowest BCUT2D eigenvalue weighted by Crippen LogP contribution is -2.43. The number of hydrogen-bond donors (Lipinski definition) is 1.